The molecule has 1 aromatic carbocycles. The second kappa shape index (κ2) is 3.17. The molecule has 0 heterocycles. The molecule has 0 aromatic heterocycles. The van der Waals surface area contributed by atoms with Crippen molar-refractivity contribution in [3.63, 3.8) is 0 Å². The molecule has 0 aliphatic heterocycles. The largest absolute Gasteiger partial charge is 0.366 e. The van der Waals surface area contributed by atoms with Crippen LogP contribution >= 0.6 is 22.6 Å². The van der Waals surface area contributed by atoms with Gasteiger partial charge in [0, 0.05) is 3.57 Å². The molecular weight excluding hydrogens is 260 g/mol. The zero-order valence-electron chi connectivity index (χ0n) is 5.47. The van der Waals surface area contributed by atoms with E-state index < -0.39 is 11.7 Å². The summed E-state index contributed by atoms with van der Waals surface area (Å²) in [5, 5.41) is 0. The fourth-order valence-electron chi connectivity index (χ4n) is 0.694. The van der Waals surface area contributed by atoms with Gasteiger partial charge in [-0.3, -0.25) is 4.79 Å². The zero-order valence-corrected chi connectivity index (χ0v) is 7.63. The lowest BCUT2D eigenvalue weighted by atomic mass is 10.2. The Bertz CT molecular complexity index is 300. The van der Waals surface area contributed by atoms with Gasteiger partial charge in [-0.25, -0.2) is 4.39 Å². The van der Waals surface area contributed by atoms with Gasteiger partial charge in [0.25, 0.3) is 5.91 Å². The van der Waals surface area contributed by atoms with Crippen molar-refractivity contribution in [3.8, 4) is 0 Å². The van der Waals surface area contributed by atoms with Gasteiger partial charge in [0.1, 0.15) is 5.82 Å². The number of carbonyl (C=O) groups excluding carboxylic acids is 1. The van der Waals surface area contributed by atoms with E-state index in [2.05, 4.69) is 0 Å². The van der Waals surface area contributed by atoms with Gasteiger partial charge >= 0.3 is 0 Å². The molecule has 0 saturated heterocycles. The van der Waals surface area contributed by atoms with E-state index in [1.54, 1.807) is 34.7 Å². The predicted molar refractivity (Wildman–Crippen MR) is 47.6 cm³/mol. The number of carbonyl (C=O) groups is 1. The van der Waals surface area contributed by atoms with E-state index in [9.17, 15) is 9.18 Å². The molecule has 11 heavy (non-hydrogen) atoms. The quantitative estimate of drug-likeness (QED) is 0.769. The monoisotopic (exact) mass is 265 g/mol. The Hall–Kier alpha value is -0.650. The molecule has 0 bridgehead atoms. The van der Waals surface area contributed by atoms with E-state index in [1.807, 2.05) is 0 Å². The minimum Gasteiger partial charge on any atom is -0.366 e. The average molecular weight is 265 g/mol. The summed E-state index contributed by atoms with van der Waals surface area (Å²) in [6.07, 6.45) is 0. The van der Waals surface area contributed by atoms with E-state index in [0.717, 1.165) is 0 Å². The Morgan fingerprint density at radius 1 is 1.55 bits per heavy atom. The molecule has 0 radical (unpaired) electrons. The van der Waals surface area contributed by atoms with Crippen LogP contribution in [-0.4, -0.2) is 5.91 Å². The Morgan fingerprint density at radius 2 is 2.18 bits per heavy atom. The Balaban J connectivity index is 3.27. The topological polar surface area (TPSA) is 43.1 Å². The van der Waals surface area contributed by atoms with Gasteiger partial charge in [-0.1, -0.05) is 6.07 Å². The van der Waals surface area contributed by atoms with Crippen LogP contribution in [0.5, 0.6) is 0 Å². The first-order valence-electron chi connectivity index (χ1n) is 2.86. The summed E-state index contributed by atoms with van der Waals surface area (Å²) in [5.74, 6) is -1.28. The summed E-state index contributed by atoms with van der Waals surface area (Å²) in [6.45, 7) is 0. The van der Waals surface area contributed by atoms with Crippen LogP contribution in [0.2, 0.25) is 0 Å². The Kier molecular flexibility index (Phi) is 2.43. The first-order valence-corrected chi connectivity index (χ1v) is 3.94. The van der Waals surface area contributed by atoms with Crippen LogP contribution in [0.3, 0.4) is 0 Å². The van der Waals surface area contributed by atoms with E-state index in [1.165, 1.54) is 6.07 Å². The van der Waals surface area contributed by atoms with Crippen LogP contribution < -0.4 is 5.73 Å². The molecule has 0 saturated carbocycles. The van der Waals surface area contributed by atoms with Gasteiger partial charge in [0.05, 0.1) is 5.56 Å². The first-order chi connectivity index (χ1) is 5.13. The van der Waals surface area contributed by atoms with Crippen molar-refractivity contribution in [1.29, 1.82) is 0 Å². The lowest BCUT2D eigenvalue weighted by molar-refractivity contribution is 0.0996. The van der Waals surface area contributed by atoms with Crippen molar-refractivity contribution < 1.29 is 9.18 Å². The van der Waals surface area contributed by atoms with Crippen molar-refractivity contribution in [2.24, 2.45) is 5.73 Å². The first kappa shape index (κ1) is 8.45. The van der Waals surface area contributed by atoms with Gasteiger partial charge in [0.15, 0.2) is 0 Å². The Labute approximate surface area is 76.7 Å². The van der Waals surface area contributed by atoms with Crippen molar-refractivity contribution >= 4 is 28.5 Å². The third-order valence-electron chi connectivity index (χ3n) is 1.22. The second-order valence-electron chi connectivity index (χ2n) is 1.97. The average Bonchev–Trinajstić information content (AvgIpc) is 1.94. The molecule has 0 aliphatic rings. The lowest BCUT2D eigenvalue weighted by Gasteiger charge is -1.98. The van der Waals surface area contributed by atoms with Crippen LogP contribution in [0.1, 0.15) is 10.4 Å². The summed E-state index contributed by atoms with van der Waals surface area (Å²) in [7, 11) is 0. The van der Waals surface area contributed by atoms with Gasteiger partial charge in [0.2, 0.25) is 0 Å². The van der Waals surface area contributed by atoms with Crippen molar-refractivity contribution in [3.05, 3.63) is 33.1 Å². The maximum atomic E-state index is 12.9. The number of halogens is 2. The van der Waals surface area contributed by atoms with Gasteiger partial charge in [-0.15, -0.1) is 0 Å². The Morgan fingerprint density at radius 3 is 2.64 bits per heavy atom. The molecule has 2 nitrogen and oxygen atoms in total. The molecule has 0 unspecified atom stereocenters. The minimum absolute atomic E-state index is 0.0584. The number of hydrogen-bond donors (Lipinski definition) is 1. The SMILES string of the molecule is NC(=O)c1cccc(I)c1F. The smallest absolute Gasteiger partial charge is 0.251 e. The van der Waals surface area contributed by atoms with Crippen LogP contribution in [0.15, 0.2) is 18.2 Å². The number of amides is 1. The molecule has 1 rings (SSSR count). The fourth-order valence-corrected chi connectivity index (χ4v) is 1.19. The highest BCUT2D eigenvalue weighted by molar-refractivity contribution is 14.1. The molecule has 0 atom stereocenters. The minimum atomic E-state index is -0.735. The van der Waals surface area contributed by atoms with Crippen molar-refractivity contribution in [1.82, 2.24) is 0 Å². The number of hydrogen-bond acceptors (Lipinski definition) is 1. The molecule has 2 N–H and O–H groups in total. The van der Waals surface area contributed by atoms with E-state index in [-0.39, 0.29) is 5.56 Å². The highest BCUT2D eigenvalue weighted by Crippen LogP contribution is 2.13. The second-order valence-corrected chi connectivity index (χ2v) is 3.13. The molecule has 0 aliphatic carbocycles. The standard InChI is InChI=1S/C7H5FINO/c8-6-4(7(10)11)2-1-3-5(6)9/h1-3H,(H2,10,11). The van der Waals surface area contributed by atoms with Crippen molar-refractivity contribution in [2.45, 2.75) is 0 Å². The third kappa shape index (κ3) is 1.68. The molecule has 0 fully saturated rings. The van der Waals surface area contributed by atoms with Crippen LogP contribution in [0.25, 0.3) is 0 Å². The fraction of sp³-hybridized carbons (Fsp3) is 0. The van der Waals surface area contributed by atoms with Crippen LogP contribution in [0.4, 0.5) is 4.39 Å². The predicted octanol–water partition coefficient (Wildman–Crippen LogP) is 1.53. The molecule has 58 valence electrons. The molecule has 4 heteroatoms. The lowest BCUT2D eigenvalue weighted by Crippen LogP contribution is -2.13. The number of rotatable bonds is 1. The molecule has 0 spiro atoms. The van der Waals surface area contributed by atoms with Crippen molar-refractivity contribution in [2.75, 3.05) is 0 Å². The zero-order chi connectivity index (χ0) is 8.43. The maximum Gasteiger partial charge on any atom is 0.251 e. The summed E-state index contributed by atoms with van der Waals surface area (Å²) < 4.78 is 13.3. The summed E-state index contributed by atoms with van der Waals surface area (Å²) in [4.78, 5) is 10.6. The van der Waals surface area contributed by atoms with E-state index >= 15 is 0 Å². The van der Waals surface area contributed by atoms with E-state index in [4.69, 9.17) is 5.73 Å². The van der Waals surface area contributed by atoms with Gasteiger partial charge in [-0.2, -0.15) is 0 Å². The molecular formula is C7H5FINO. The normalized spacial score (nSPS) is 9.64. The molecule has 1 aromatic rings. The number of benzene rings is 1. The third-order valence-corrected chi connectivity index (χ3v) is 2.05. The molecule has 1 amide bonds. The summed E-state index contributed by atoms with van der Waals surface area (Å²) >= 11 is 1.80. The van der Waals surface area contributed by atoms with Crippen LogP contribution in [-0.2, 0) is 0 Å². The highest BCUT2D eigenvalue weighted by atomic mass is 127. The van der Waals surface area contributed by atoms with Gasteiger partial charge in [-0.05, 0) is 34.7 Å². The van der Waals surface area contributed by atoms with E-state index in [0.29, 0.717) is 3.57 Å². The number of primary amides is 1. The highest BCUT2D eigenvalue weighted by Gasteiger charge is 2.09. The van der Waals surface area contributed by atoms with Gasteiger partial charge < -0.3 is 5.73 Å². The summed E-state index contributed by atoms with van der Waals surface area (Å²) in [6, 6.07) is 4.52. The number of nitrogens with two attached hydrogens (primary N) is 1. The van der Waals surface area contributed by atoms with Crippen LogP contribution in [0, 0.1) is 9.39 Å². The maximum absolute atomic E-state index is 12.9. The summed E-state index contributed by atoms with van der Waals surface area (Å²) in [5.41, 5.74) is 4.84.